The van der Waals surface area contributed by atoms with E-state index in [1.807, 2.05) is 50.2 Å². The van der Waals surface area contributed by atoms with Gasteiger partial charge in [0.05, 0.1) is 28.9 Å². The van der Waals surface area contributed by atoms with Crippen LogP contribution in [0.5, 0.6) is 5.88 Å². The Morgan fingerprint density at radius 1 is 0.915 bits per heavy atom. The number of carbonyl (C=O) groups is 1. The van der Waals surface area contributed by atoms with Gasteiger partial charge in [0.15, 0.2) is 0 Å². The van der Waals surface area contributed by atoms with E-state index in [1.165, 1.54) is 12.1 Å². The highest BCUT2D eigenvalue weighted by atomic mass is 32.2. The lowest BCUT2D eigenvalue weighted by Gasteiger charge is -2.35. The van der Waals surface area contributed by atoms with E-state index in [4.69, 9.17) is 9.72 Å². The van der Waals surface area contributed by atoms with Crippen LogP contribution < -0.4 is 14.8 Å². The van der Waals surface area contributed by atoms with Gasteiger partial charge in [-0.05, 0) is 87.9 Å². The Balaban J connectivity index is 1.65. The minimum absolute atomic E-state index is 0.0760. The number of rotatable bonds is 5. The molecule has 1 aliphatic heterocycles. The molecule has 47 heavy (non-hydrogen) atoms. The normalized spacial score (nSPS) is 16.6. The molecular formula is C36H44N6O4S. The molecule has 2 aromatic carbocycles. The van der Waals surface area contributed by atoms with Crippen molar-refractivity contribution in [1.82, 2.24) is 19.9 Å². The van der Waals surface area contributed by atoms with Crippen LogP contribution in [0.4, 0.5) is 11.8 Å². The molecule has 1 aliphatic rings. The zero-order valence-electron chi connectivity index (χ0n) is 28.4. The molecule has 0 saturated carbocycles. The minimum atomic E-state index is -4.16. The summed E-state index contributed by atoms with van der Waals surface area (Å²) < 4.78 is 36.2. The van der Waals surface area contributed by atoms with Crippen LogP contribution in [0.1, 0.15) is 75.1 Å². The van der Waals surface area contributed by atoms with Gasteiger partial charge in [-0.2, -0.15) is 4.98 Å². The van der Waals surface area contributed by atoms with E-state index in [1.54, 1.807) is 23.1 Å². The van der Waals surface area contributed by atoms with E-state index >= 15 is 0 Å². The average molecular weight is 657 g/mol. The van der Waals surface area contributed by atoms with Crippen LogP contribution in [0.15, 0.2) is 71.6 Å². The molecule has 0 spiro atoms. The molecular weight excluding hydrogens is 613 g/mol. The second kappa shape index (κ2) is 12.9. The summed E-state index contributed by atoms with van der Waals surface area (Å²) in [6.07, 6.45) is 0.594. The van der Waals surface area contributed by atoms with Gasteiger partial charge in [0, 0.05) is 22.7 Å². The molecule has 4 aromatic rings. The predicted molar refractivity (Wildman–Crippen MR) is 185 cm³/mol. The largest absolute Gasteiger partial charge is 0.475 e. The van der Waals surface area contributed by atoms with Crippen LogP contribution in [0.3, 0.4) is 0 Å². The Morgan fingerprint density at radius 2 is 1.60 bits per heavy atom. The van der Waals surface area contributed by atoms with E-state index in [0.29, 0.717) is 23.6 Å². The molecule has 0 fully saturated rings. The molecule has 0 unspecified atom stereocenters. The van der Waals surface area contributed by atoms with Gasteiger partial charge in [-0.15, -0.1) is 0 Å². The lowest BCUT2D eigenvalue weighted by atomic mass is 9.87. The number of sulfonamides is 1. The number of ether oxygens (including phenoxy) is 1. The summed E-state index contributed by atoms with van der Waals surface area (Å²) in [6, 6.07) is 19.0. The maximum absolute atomic E-state index is 14.4. The molecule has 2 aromatic heterocycles. The van der Waals surface area contributed by atoms with E-state index in [-0.39, 0.29) is 52.3 Å². The van der Waals surface area contributed by atoms with E-state index < -0.39 is 16.1 Å². The van der Waals surface area contributed by atoms with Crippen molar-refractivity contribution in [2.75, 3.05) is 16.6 Å². The third-order valence-electron chi connectivity index (χ3n) is 7.67. The van der Waals surface area contributed by atoms with Gasteiger partial charge in [0.25, 0.3) is 15.9 Å². The summed E-state index contributed by atoms with van der Waals surface area (Å²) in [6.45, 7) is 16.8. The van der Waals surface area contributed by atoms with Crippen molar-refractivity contribution < 1.29 is 17.9 Å². The molecule has 5 rings (SSSR count). The second-order valence-electron chi connectivity index (χ2n) is 14.4. The highest BCUT2D eigenvalue weighted by molar-refractivity contribution is 7.92. The van der Waals surface area contributed by atoms with Crippen molar-refractivity contribution in [3.05, 3.63) is 89.1 Å². The SMILES string of the molecule is Cc1cccc(C)c1-c1cc2nc(n1)NS(=O)(=O)c1cccc(c1)C(=O)N(Cc1cccc(NC(C)(C)C)n1)[C@H](CC(C)(C)C)CO2. The number of hydrogen-bond donors (Lipinski definition) is 2. The fourth-order valence-electron chi connectivity index (χ4n) is 5.74. The van der Waals surface area contributed by atoms with Crippen molar-refractivity contribution in [2.24, 2.45) is 5.41 Å². The van der Waals surface area contributed by atoms with Crippen LogP contribution in [0.2, 0.25) is 0 Å². The Labute approximate surface area is 278 Å². The fourth-order valence-corrected chi connectivity index (χ4v) is 6.73. The molecule has 1 amide bonds. The molecule has 4 bridgehead atoms. The number of amides is 1. The predicted octanol–water partition coefficient (Wildman–Crippen LogP) is 7.01. The lowest BCUT2D eigenvalue weighted by molar-refractivity contribution is 0.0509. The lowest BCUT2D eigenvalue weighted by Crippen LogP contribution is -2.45. The first kappa shape index (κ1) is 33.8. The Hall–Kier alpha value is -4.51. The van der Waals surface area contributed by atoms with Crippen molar-refractivity contribution in [3.8, 4) is 17.1 Å². The fraction of sp³-hybridized carbons (Fsp3) is 0.389. The topological polar surface area (TPSA) is 126 Å². The first-order chi connectivity index (χ1) is 22.0. The van der Waals surface area contributed by atoms with Crippen molar-refractivity contribution in [3.63, 3.8) is 0 Å². The summed E-state index contributed by atoms with van der Waals surface area (Å²) in [5.41, 5.74) is 3.88. The number of nitrogens with zero attached hydrogens (tertiary/aromatic N) is 4. The van der Waals surface area contributed by atoms with Crippen molar-refractivity contribution >= 4 is 27.7 Å². The van der Waals surface area contributed by atoms with E-state index in [0.717, 1.165) is 16.7 Å². The highest BCUT2D eigenvalue weighted by Gasteiger charge is 2.32. The summed E-state index contributed by atoms with van der Waals surface area (Å²) in [7, 11) is -4.16. The molecule has 0 saturated heterocycles. The highest BCUT2D eigenvalue weighted by Crippen LogP contribution is 2.32. The van der Waals surface area contributed by atoms with E-state index in [2.05, 4.69) is 61.5 Å². The van der Waals surface area contributed by atoms with Crippen LogP contribution in [0.25, 0.3) is 11.3 Å². The molecule has 248 valence electrons. The number of anilines is 2. The zero-order valence-corrected chi connectivity index (χ0v) is 29.2. The van der Waals surface area contributed by atoms with Crippen molar-refractivity contribution in [2.45, 2.75) is 84.8 Å². The maximum Gasteiger partial charge on any atom is 0.264 e. The molecule has 0 radical (unpaired) electrons. The third-order valence-corrected chi connectivity index (χ3v) is 9.00. The number of fused-ring (bicyclic) bond motifs is 4. The second-order valence-corrected chi connectivity index (χ2v) is 16.0. The van der Waals surface area contributed by atoms with Gasteiger partial charge in [-0.3, -0.25) is 4.79 Å². The van der Waals surface area contributed by atoms with Crippen LogP contribution >= 0.6 is 0 Å². The average Bonchev–Trinajstić information content (AvgIpc) is 2.96. The van der Waals surface area contributed by atoms with Gasteiger partial charge in [0.2, 0.25) is 11.8 Å². The molecule has 1 atom stereocenters. The minimum Gasteiger partial charge on any atom is -0.475 e. The summed E-state index contributed by atoms with van der Waals surface area (Å²) >= 11 is 0. The smallest absolute Gasteiger partial charge is 0.264 e. The number of aromatic nitrogens is 3. The maximum atomic E-state index is 14.4. The number of hydrogen-bond acceptors (Lipinski definition) is 8. The van der Waals surface area contributed by atoms with Gasteiger partial charge in [-0.1, -0.05) is 51.1 Å². The summed E-state index contributed by atoms with van der Waals surface area (Å²) in [5.74, 6) is 0.447. The molecule has 3 heterocycles. The Bertz CT molecular complexity index is 1880. The number of aryl methyl sites for hydroxylation is 2. The number of benzene rings is 2. The molecule has 10 nitrogen and oxygen atoms in total. The number of carbonyl (C=O) groups excluding carboxylic acids is 1. The monoisotopic (exact) mass is 656 g/mol. The Kier molecular flexibility index (Phi) is 9.32. The van der Waals surface area contributed by atoms with Gasteiger partial charge >= 0.3 is 0 Å². The summed E-state index contributed by atoms with van der Waals surface area (Å²) in [4.78, 5) is 30.0. The first-order valence-corrected chi connectivity index (χ1v) is 17.2. The zero-order chi connectivity index (χ0) is 34.1. The number of nitrogens with one attached hydrogen (secondary N) is 2. The van der Waals surface area contributed by atoms with E-state index in [9.17, 15) is 13.2 Å². The molecule has 0 aliphatic carbocycles. The standard InChI is InChI=1S/C36H44N6O4S/c1-23-12-9-13-24(2)32(23)29-19-31-39-34(38-29)41-47(44,45)28-16-10-14-25(18-28)33(43)42(27(22-46-31)20-35(3,4)5)21-26-15-11-17-30(37-26)40-36(6,7)8/h9-19,27H,20-22H2,1-8H3,(H,37,40)(H,38,39,41)/t27-/m1/s1. The third kappa shape index (κ3) is 8.45. The molecule has 11 heteroatoms. The van der Waals surface area contributed by atoms with Crippen LogP contribution in [0, 0.1) is 19.3 Å². The van der Waals surface area contributed by atoms with Gasteiger partial charge in [0.1, 0.15) is 12.4 Å². The van der Waals surface area contributed by atoms with Crippen molar-refractivity contribution in [1.29, 1.82) is 0 Å². The summed E-state index contributed by atoms with van der Waals surface area (Å²) in [5, 5.41) is 3.40. The van der Waals surface area contributed by atoms with Gasteiger partial charge in [-0.25, -0.2) is 23.1 Å². The van der Waals surface area contributed by atoms with Crippen LogP contribution in [-0.2, 0) is 16.6 Å². The number of pyridine rings is 1. The Morgan fingerprint density at radius 3 is 2.28 bits per heavy atom. The van der Waals surface area contributed by atoms with Crippen LogP contribution in [-0.4, -0.2) is 52.4 Å². The first-order valence-electron chi connectivity index (χ1n) is 15.7. The quantitative estimate of drug-likeness (QED) is 0.235. The molecule has 2 N–H and O–H groups in total. The van der Waals surface area contributed by atoms with Gasteiger partial charge < -0.3 is 15.0 Å².